The van der Waals surface area contributed by atoms with Crippen LogP contribution in [-0.2, 0) is 0 Å². The highest BCUT2D eigenvalue weighted by molar-refractivity contribution is 8.07. The Hall–Kier alpha value is 0.310. The van der Waals surface area contributed by atoms with E-state index in [0.717, 1.165) is 40.6 Å². The van der Waals surface area contributed by atoms with Gasteiger partial charge in [-0.1, -0.05) is 13.8 Å². The van der Waals surface area contributed by atoms with Crippen molar-refractivity contribution in [2.24, 2.45) is 34.5 Å². The molecular weight excluding hydrogens is 276 g/mol. The smallest absolute Gasteiger partial charge is 0.0596 e. The highest BCUT2D eigenvalue weighted by atomic mass is 32.2. The van der Waals surface area contributed by atoms with E-state index >= 15 is 0 Å². The van der Waals surface area contributed by atoms with Crippen molar-refractivity contribution in [2.75, 3.05) is 0 Å². The van der Waals surface area contributed by atoms with Crippen molar-refractivity contribution < 1.29 is 5.11 Å². The molecule has 4 aliphatic carbocycles. The third-order valence-corrected chi connectivity index (χ3v) is 10.3. The van der Waals surface area contributed by atoms with E-state index in [0.29, 0.717) is 5.41 Å². The molecule has 21 heavy (non-hydrogen) atoms. The molecule has 2 heteroatoms. The number of aliphatic hydroxyl groups excluding tert-OH is 1. The first-order chi connectivity index (χ1) is 10.0. The predicted octanol–water partition coefficient (Wildman–Crippen LogP) is 4.48. The molecule has 0 radical (unpaired) electrons. The molecule has 0 aromatic rings. The maximum atomic E-state index is 10.5. The average Bonchev–Trinajstić information content (AvgIpc) is 3.12. The molecule has 0 bridgehead atoms. The van der Waals surface area contributed by atoms with Crippen LogP contribution in [-0.4, -0.2) is 21.7 Å². The normalized spacial score (nSPS) is 65.0. The molecule has 0 aromatic heterocycles. The van der Waals surface area contributed by atoms with Gasteiger partial charge in [-0.15, -0.1) is 0 Å². The van der Waals surface area contributed by atoms with E-state index in [1.807, 2.05) is 0 Å². The van der Waals surface area contributed by atoms with Gasteiger partial charge in [0.2, 0.25) is 0 Å². The SMILES string of the molecule is C[C@]12C[C@@H]3S[C@@H]3C[C@@H]1CC[C@H]1[C@H]2CC[C@]2(C)[C@H](O)CC[C@H]12. The van der Waals surface area contributed by atoms with Gasteiger partial charge in [0, 0.05) is 10.5 Å². The minimum Gasteiger partial charge on any atom is -0.393 e. The van der Waals surface area contributed by atoms with Crippen LogP contribution in [0.25, 0.3) is 0 Å². The number of fused-ring (bicyclic) bond motifs is 6. The van der Waals surface area contributed by atoms with Crippen molar-refractivity contribution in [1.82, 2.24) is 0 Å². The number of aliphatic hydroxyl groups is 1. The van der Waals surface area contributed by atoms with Gasteiger partial charge in [-0.25, -0.2) is 0 Å². The first kappa shape index (κ1) is 13.7. The summed E-state index contributed by atoms with van der Waals surface area (Å²) >= 11 is 2.28. The Bertz CT molecular complexity index is 464. The fourth-order valence-corrected chi connectivity index (χ4v) is 8.86. The Morgan fingerprint density at radius 3 is 2.57 bits per heavy atom. The Kier molecular flexibility index (Phi) is 2.76. The summed E-state index contributed by atoms with van der Waals surface area (Å²) in [7, 11) is 0. The lowest BCUT2D eigenvalue weighted by molar-refractivity contribution is -0.116. The molecule has 0 unspecified atom stereocenters. The molecule has 9 atom stereocenters. The third kappa shape index (κ3) is 1.70. The molecule has 5 aliphatic rings. The van der Waals surface area contributed by atoms with Gasteiger partial charge in [-0.05, 0) is 85.9 Å². The van der Waals surface area contributed by atoms with Gasteiger partial charge >= 0.3 is 0 Å². The van der Waals surface area contributed by atoms with Gasteiger partial charge in [0.05, 0.1) is 6.10 Å². The Balaban J connectivity index is 1.47. The van der Waals surface area contributed by atoms with E-state index in [1.54, 1.807) is 0 Å². The van der Waals surface area contributed by atoms with E-state index in [-0.39, 0.29) is 11.5 Å². The minimum absolute atomic E-state index is 0.0105. The van der Waals surface area contributed by atoms with Gasteiger partial charge in [-0.3, -0.25) is 0 Å². The van der Waals surface area contributed by atoms with Crippen LogP contribution < -0.4 is 0 Å². The van der Waals surface area contributed by atoms with E-state index in [4.69, 9.17) is 0 Å². The van der Waals surface area contributed by atoms with Crippen molar-refractivity contribution in [3.63, 3.8) is 0 Å². The summed E-state index contributed by atoms with van der Waals surface area (Å²) in [5.74, 6) is 3.75. The molecule has 0 amide bonds. The molecule has 5 rings (SSSR count). The summed E-state index contributed by atoms with van der Waals surface area (Å²) in [5.41, 5.74) is 0.901. The van der Waals surface area contributed by atoms with Gasteiger partial charge in [-0.2, -0.15) is 11.8 Å². The van der Waals surface area contributed by atoms with Crippen LogP contribution in [0.15, 0.2) is 0 Å². The molecule has 4 saturated carbocycles. The summed E-state index contributed by atoms with van der Waals surface area (Å²) in [6.45, 7) is 5.07. The number of thioether (sulfide) groups is 1. The fourth-order valence-electron chi connectivity index (χ4n) is 7.49. The zero-order chi connectivity index (χ0) is 14.4. The summed E-state index contributed by atoms with van der Waals surface area (Å²) in [5, 5.41) is 12.6. The summed E-state index contributed by atoms with van der Waals surface area (Å²) in [6.07, 6.45) is 11.1. The maximum Gasteiger partial charge on any atom is 0.0596 e. The van der Waals surface area contributed by atoms with Crippen molar-refractivity contribution in [1.29, 1.82) is 0 Å². The summed E-state index contributed by atoms with van der Waals surface area (Å²) in [4.78, 5) is 0. The Morgan fingerprint density at radius 1 is 0.905 bits per heavy atom. The van der Waals surface area contributed by atoms with E-state index < -0.39 is 0 Å². The maximum absolute atomic E-state index is 10.5. The molecule has 1 nitrogen and oxygen atoms in total. The molecule has 5 fully saturated rings. The molecule has 1 heterocycles. The zero-order valence-corrected chi connectivity index (χ0v) is 14.4. The second-order valence-corrected chi connectivity index (χ2v) is 10.9. The molecule has 1 N–H and O–H groups in total. The second-order valence-electron chi connectivity index (χ2n) is 9.45. The van der Waals surface area contributed by atoms with Crippen LogP contribution in [0.1, 0.15) is 65.2 Å². The Morgan fingerprint density at radius 2 is 1.71 bits per heavy atom. The van der Waals surface area contributed by atoms with E-state index in [9.17, 15) is 5.11 Å². The largest absolute Gasteiger partial charge is 0.393 e. The van der Waals surface area contributed by atoms with Gasteiger partial charge in [0.25, 0.3) is 0 Å². The highest BCUT2D eigenvalue weighted by Crippen LogP contribution is 2.70. The topological polar surface area (TPSA) is 20.2 Å². The monoisotopic (exact) mass is 306 g/mol. The van der Waals surface area contributed by atoms with Crippen LogP contribution in [0, 0.1) is 34.5 Å². The minimum atomic E-state index is -0.0105. The van der Waals surface area contributed by atoms with Crippen molar-refractivity contribution >= 4 is 11.8 Å². The van der Waals surface area contributed by atoms with Crippen LogP contribution in [0.3, 0.4) is 0 Å². The molecule has 0 aromatic carbocycles. The number of rotatable bonds is 0. The van der Waals surface area contributed by atoms with Gasteiger partial charge < -0.3 is 5.11 Å². The van der Waals surface area contributed by atoms with Crippen LogP contribution in [0.5, 0.6) is 0 Å². The third-order valence-electron chi connectivity index (χ3n) is 8.86. The quantitative estimate of drug-likeness (QED) is 0.666. The van der Waals surface area contributed by atoms with Crippen molar-refractivity contribution in [3.8, 4) is 0 Å². The number of hydrogen-bond donors (Lipinski definition) is 1. The highest BCUT2D eigenvalue weighted by Gasteiger charge is 2.63. The van der Waals surface area contributed by atoms with Crippen LogP contribution >= 0.6 is 11.8 Å². The molecule has 118 valence electrons. The van der Waals surface area contributed by atoms with Gasteiger partial charge in [0.15, 0.2) is 0 Å². The average molecular weight is 307 g/mol. The lowest BCUT2D eigenvalue weighted by Gasteiger charge is -2.60. The standard InChI is InChI=1S/C19H30OS/c1-18-8-7-14-12(13(18)5-6-17(18)20)4-3-11-9-15-16(21-15)10-19(11,14)2/h11-17,20H,3-10H2,1-2H3/t11-,12+,13+,14+,15+,16-,17+,18-,19-/m0/s1. The van der Waals surface area contributed by atoms with Crippen LogP contribution in [0.4, 0.5) is 0 Å². The van der Waals surface area contributed by atoms with Gasteiger partial charge in [0.1, 0.15) is 0 Å². The number of hydrogen-bond acceptors (Lipinski definition) is 2. The summed E-state index contributed by atoms with van der Waals surface area (Å²) in [6, 6.07) is 0. The molecule has 0 spiro atoms. The molecule has 1 aliphatic heterocycles. The molecular formula is C19H30OS. The lowest BCUT2D eigenvalue weighted by Crippen LogP contribution is -2.54. The van der Waals surface area contributed by atoms with E-state index in [1.165, 1.54) is 44.9 Å². The van der Waals surface area contributed by atoms with Crippen molar-refractivity contribution in [3.05, 3.63) is 0 Å². The first-order valence-electron chi connectivity index (χ1n) is 9.36. The Labute approximate surface area is 133 Å². The zero-order valence-electron chi connectivity index (χ0n) is 13.6. The summed E-state index contributed by atoms with van der Waals surface area (Å²) < 4.78 is 0. The lowest BCUT2D eigenvalue weighted by atomic mass is 9.45. The molecule has 1 saturated heterocycles. The van der Waals surface area contributed by atoms with Crippen molar-refractivity contribution in [2.45, 2.75) is 81.8 Å². The fraction of sp³-hybridized carbons (Fsp3) is 1.00. The second kappa shape index (κ2) is 4.23. The van der Waals surface area contributed by atoms with E-state index in [2.05, 4.69) is 25.6 Å². The van der Waals surface area contributed by atoms with Crippen LogP contribution in [0.2, 0.25) is 0 Å². The predicted molar refractivity (Wildman–Crippen MR) is 88.3 cm³/mol. The first-order valence-corrected chi connectivity index (χ1v) is 10.3.